The third kappa shape index (κ3) is 5.79. The minimum Gasteiger partial charge on any atom is -0.0649 e. The van der Waals surface area contributed by atoms with Gasteiger partial charge >= 0.3 is 0 Å². The molecule has 0 aromatic heterocycles. The molecule has 2 saturated carbocycles. The largest absolute Gasteiger partial charge is 0.0649 e. The van der Waals surface area contributed by atoms with Crippen LogP contribution >= 0.6 is 0 Å². The highest BCUT2D eigenvalue weighted by atomic mass is 14.4. The Morgan fingerprint density at radius 1 is 0.739 bits per heavy atom. The van der Waals surface area contributed by atoms with E-state index in [1.165, 1.54) is 64.2 Å². The number of hydrogen-bond donors (Lipinski definition) is 0. The second-order valence-corrected chi connectivity index (χ2v) is 10.8. The zero-order valence-electron chi connectivity index (χ0n) is 17.1. The first-order valence-electron chi connectivity index (χ1n) is 10.7. The molecule has 0 bridgehead atoms. The van der Waals surface area contributed by atoms with E-state index in [1.54, 1.807) is 6.42 Å². The molecule has 2 aliphatic carbocycles. The molecule has 0 unspecified atom stereocenters. The first kappa shape index (κ1) is 19.3. The lowest BCUT2D eigenvalue weighted by Gasteiger charge is -2.45. The molecule has 23 heavy (non-hydrogen) atoms. The van der Waals surface area contributed by atoms with Crippen LogP contribution in [0.25, 0.3) is 0 Å². The highest BCUT2D eigenvalue weighted by Crippen LogP contribution is 2.49. The molecule has 1 atom stereocenters. The molecule has 0 nitrogen and oxygen atoms in total. The number of hydrogen-bond acceptors (Lipinski definition) is 0. The van der Waals surface area contributed by atoms with Crippen LogP contribution in [0.5, 0.6) is 0 Å². The molecule has 2 aliphatic rings. The summed E-state index contributed by atoms with van der Waals surface area (Å²) in [6.07, 6.45) is 16.4. The van der Waals surface area contributed by atoms with Crippen LogP contribution in [0, 0.1) is 34.5 Å². The van der Waals surface area contributed by atoms with Gasteiger partial charge in [0, 0.05) is 0 Å². The topological polar surface area (TPSA) is 0 Å². The molecule has 0 aromatic carbocycles. The lowest BCUT2D eigenvalue weighted by atomic mass is 9.60. The lowest BCUT2D eigenvalue weighted by molar-refractivity contribution is 0.0586. The van der Waals surface area contributed by atoms with E-state index in [9.17, 15) is 0 Å². The van der Waals surface area contributed by atoms with Crippen molar-refractivity contribution in [3.63, 3.8) is 0 Å². The van der Waals surface area contributed by atoms with Gasteiger partial charge in [-0.2, -0.15) is 0 Å². The third-order valence-electron chi connectivity index (χ3n) is 7.38. The molecule has 0 spiro atoms. The van der Waals surface area contributed by atoms with Crippen molar-refractivity contribution in [3.8, 4) is 0 Å². The van der Waals surface area contributed by atoms with Crippen LogP contribution in [-0.4, -0.2) is 0 Å². The molecule has 0 heteroatoms. The van der Waals surface area contributed by atoms with Crippen LogP contribution in [0.1, 0.15) is 112 Å². The van der Waals surface area contributed by atoms with E-state index in [4.69, 9.17) is 0 Å². The molecular formula is C23H44. The van der Waals surface area contributed by atoms with E-state index in [-0.39, 0.29) is 0 Å². The Balaban J connectivity index is 1.80. The predicted molar refractivity (Wildman–Crippen MR) is 104 cm³/mol. The summed E-state index contributed by atoms with van der Waals surface area (Å²) >= 11 is 0. The van der Waals surface area contributed by atoms with Gasteiger partial charge < -0.3 is 0 Å². The SMILES string of the molecule is CC[C@](C)(CC(C)(C)C)C1CCC(CC2CCC(C)CC2)CC1. The highest BCUT2D eigenvalue weighted by Gasteiger charge is 2.38. The van der Waals surface area contributed by atoms with Crippen LogP contribution in [-0.2, 0) is 0 Å². The summed E-state index contributed by atoms with van der Waals surface area (Å²) in [6, 6.07) is 0. The van der Waals surface area contributed by atoms with Crippen LogP contribution in [0.15, 0.2) is 0 Å². The highest BCUT2D eigenvalue weighted by molar-refractivity contribution is 4.89. The summed E-state index contributed by atoms with van der Waals surface area (Å²) in [5.41, 5.74) is 1.05. The quantitative estimate of drug-likeness (QED) is 0.483. The van der Waals surface area contributed by atoms with Crippen LogP contribution in [0.4, 0.5) is 0 Å². The Bertz CT molecular complexity index is 334. The Kier molecular flexibility index (Phi) is 6.66. The minimum absolute atomic E-state index is 0.473. The summed E-state index contributed by atoms with van der Waals surface area (Å²) < 4.78 is 0. The zero-order valence-corrected chi connectivity index (χ0v) is 17.1. The first-order valence-corrected chi connectivity index (χ1v) is 10.7. The normalized spacial score (nSPS) is 35.7. The zero-order chi connectivity index (χ0) is 17.1. The van der Waals surface area contributed by atoms with Crippen molar-refractivity contribution in [3.05, 3.63) is 0 Å². The maximum Gasteiger partial charge on any atom is -0.0295 e. The van der Waals surface area contributed by atoms with Gasteiger partial charge in [0.05, 0.1) is 0 Å². The van der Waals surface area contributed by atoms with Gasteiger partial charge in [0.25, 0.3) is 0 Å². The number of rotatable bonds is 5. The van der Waals surface area contributed by atoms with Crippen LogP contribution in [0.3, 0.4) is 0 Å². The summed E-state index contributed by atoms with van der Waals surface area (Å²) in [4.78, 5) is 0. The molecule has 0 aliphatic heterocycles. The van der Waals surface area contributed by atoms with Crippen molar-refractivity contribution in [1.82, 2.24) is 0 Å². The summed E-state index contributed by atoms with van der Waals surface area (Å²) in [5.74, 6) is 4.11. The van der Waals surface area contributed by atoms with E-state index in [2.05, 4.69) is 41.5 Å². The molecule has 0 heterocycles. The van der Waals surface area contributed by atoms with E-state index >= 15 is 0 Å². The summed E-state index contributed by atoms with van der Waals surface area (Å²) in [6.45, 7) is 14.7. The van der Waals surface area contributed by atoms with Crippen LogP contribution in [0.2, 0.25) is 0 Å². The van der Waals surface area contributed by atoms with Crippen molar-refractivity contribution < 1.29 is 0 Å². The second-order valence-electron chi connectivity index (χ2n) is 10.8. The fourth-order valence-corrected chi connectivity index (χ4v) is 5.90. The standard InChI is InChI=1S/C23H44/c1-7-23(6,17-22(3,4)5)21-14-12-20(13-15-21)16-19-10-8-18(2)9-11-19/h18-21H,7-17H2,1-6H3/t18?,19?,20?,21?,23-/m1/s1. The van der Waals surface area contributed by atoms with Gasteiger partial charge in [0.15, 0.2) is 0 Å². The van der Waals surface area contributed by atoms with Gasteiger partial charge in [-0.25, -0.2) is 0 Å². The molecule has 0 radical (unpaired) electrons. The van der Waals surface area contributed by atoms with Gasteiger partial charge in [-0.3, -0.25) is 0 Å². The Labute approximate surface area is 147 Å². The average Bonchev–Trinajstić information content (AvgIpc) is 2.48. The molecule has 2 fully saturated rings. The molecule has 0 saturated heterocycles. The molecule has 0 N–H and O–H groups in total. The Morgan fingerprint density at radius 2 is 1.22 bits per heavy atom. The summed E-state index contributed by atoms with van der Waals surface area (Å²) in [7, 11) is 0. The van der Waals surface area contributed by atoms with Crippen molar-refractivity contribution in [2.45, 2.75) is 112 Å². The van der Waals surface area contributed by atoms with Crippen molar-refractivity contribution in [2.75, 3.05) is 0 Å². The lowest BCUT2D eigenvalue weighted by Crippen LogP contribution is -2.34. The summed E-state index contributed by atoms with van der Waals surface area (Å²) in [5, 5.41) is 0. The van der Waals surface area contributed by atoms with E-state index in [1.807, 2.05) is 0 Å². The Morgan fingerprint density at radius 3 is 1.65 bits per heavy atom. The fourth-order valence-electron chi connectivity index (χ4n) is 5.90. The van der Waals surface area contributed by atoms with Crippen molar-refractivity contribution >= 4 is 0 Å². The monoisotopic (exact) mass is 320 g/mol. The maximum absolute atomic E-state index is 2.59. The average molecular weight is 321 g/mol. The minimum atomic E-state index is 0.473. The second kappa shape index (κ2) is 7.92. The van der Waals surface area contributed by atoms with Gasteiger partial charge in [0.1, 0.15) is 0 Å². The van der Waals surface area contributed by atoms with Crippen LogP contribution < -0.4 is 0 Å². The van der Waals surface area contributed by atoms with E-state index in [0.29, 0.717) is 10.8 Å². The molecular weight excluding hydrogens is 276 g/mol. The van der Waals surface area contributed by atoms with Gasteiger partial charge in [-0.15, -0.1) is 0 Å². The van der Waals surface area contributed by atoms with E-state index < -0.39 is 0 Å². The molecule has 2 rings (SSSR count). The Hall–Kier alpha value is 0. The van der Waals surface area contributed by atoms with Crippen molar-refractivity contribution in [1.29, 1.82) is 0 Å². The third-order valence-corrected chi connectivity index (χ3v) is 7.38. The smallest absolute Gasteiger partial charge is 0.0295 e. The van der Waals surface area contributed by atoms with Gasteiger partial charge in [0.2, 0.25) is 0 Å². The molecule has 0 amide bonds. The fraction of sp³-hybridized carbons (Fsp3) is 1.00. The maximum atomic E-state index is 2.59. The molecule has 136 valence electrons. The predicted octanol–water partition coefficient (Wildman–Crippen LogP) is 7.86. The molecule has 0 aromatic rings. The van der Waals surface area contributed by atoms with E-state index in [0.717, 1.165) is 23.7 Å². The van der Waals surface area contributed by atoms with Crippen molar-refractivity contribution in [2.24, 2.45) is 34.5 Å². The van der Waals surface area contributed by atoms with Gasteiger partial charge in [-0.05, 0) is 60.2 Å². The first-order chi connectivity index (χ1) is 10.7. The van der Waals surface area contributed by atoms with Gasteiger partial charge in [-0.1, -0.05) is 86.5 Å².